The molecule has 30 heavy (non-hydrogen) atoms. The zero-order valence-electron chi connectivity index (χ0n) is 17.8. The van der Waals surface area contributed by atoms with Crippen LogP contribution in [0.4, 0.5) is 11.4 Å². The van der Waals surface area contributed by atoms with E-state index in [9.17, 15) is 0 Å². The maximum absolute atomic E-state index is 5.91. The number of hydrogen-bond donors (Lipinski definition) is 2. The number of anilines is 2. The van der Waals surface area contributed by atoms with Crippen LogP contribution in [0.5, 0.6) is 0 Å². The van der Waals surface area contributed by atoms with Crippen molar-refractivity contribution in [1.29, 1.82) is 0 Å². The predicted octanol–water partition coefficient (Wildman–Crippen LogP) is 4.45. The summed E-state index contributed by atoms with van der Waals surface area (Å²) < 4.78 is 0. The Hall–Kier alpha value is -3.08. The van der Waals surface area contributed by atoms with Crippen molar-refractivity contribution in [2.45, 2.75) is 0 Å². The third-order valence-electron chi connectivity index (χ3n) is 5.82. The van der Waals surface area contributed by atoms with Crippen LogP contribution in [0.15, 0.2) is 72.8 Å². The van der Waals surface area contributed by atoms with Crippen LogP contribution in [0, 0.1) is 0 Å². The van der Waals surface area contributed by atoms with Crippen LogP contribution in [-0.2, 0) is 0 Å². The topological polar surface area (TPSA) is 58.5 Å². The van der Waals surface area contributed by atoms with Gasteiger partial charge in [-0.25, -0.2) is 0 Å². The second-order valence-electron chi connectivity index (χ2n) is 7.78. The summed E-state index contributed by atoms with van der Waals surface area (Å²) in [5, 5.41) is 4.96. The summed E-state index contributed by atoms with van der Waals surface area (Å²) in [6, 6.07) is 26.1. The Morgan fingerprint density at radius 1 is 0.567 bits per heavy atom. The fourth-order valence-electron chi connectivity index (χ4n) is 4.31. The highest BCUT2D eigenvalue weighted by Gasteiger charge is 2.20. The lowest BCUT2D eigenvalue weighted by Gasteiger charge is -2.28. The second kappa shape index (κ2) is 8.74. The Morgan fingerprint density at radius 3 is 1.37 bits per heavy atom. The lowest BCUT2D eigenvalue weighted by molar-refractivity contribution is 0.883. The minimum absolute atomic E-state index is 0.609. The molecular weight excluding hydrogens is 368 g/mol. The van der Waals surface area contributed by atoms with Gasteiger partial charge >= 0.3 is 0 Å². The summed E-state index contributed by atoms with van der Waals surface area (Å²) >= 11 is 0. The molecule has 0 spiro atoms. The van der Waals surface area contributed by atoms with Crippen molar-refractivity contribution in [3.8, 4) is 11.1 Å². The molecule has 0 fully saturated rings. The van der Waals surface area contributed by atoms with Crippen LogP contribution < -0.4 is 21.3 Å². The maximum atomic E-state index is 5.91. The molecule has 0 aliphatic carbocycles. The van der Waals surface area contributed by atoms with Gasteiger partial charge < -0.3 is 21.3 Å². The molecule has 0 heterocycles. The van der Waals surface area contributed by atoms with Gasteiger partial charge in [-0.3, -0.25) is 0 Å². The number of rotatable bonds is 7. The van der Waals surface area contributed by atoms with Crippen LogP contribution in [-0.4, -0.2) is 40.3 Å². The van der Waals surface area contributed by atoms with E-state index in [0.29, 0.717) is 13.1 Å². The van der Waals surface area contributed by atoms with Gasteiger partial charge in [0.15, 0.2) is 0 Å². The van der Waals surface area contributed by atoms with Gasteiger partial charge in [0.2, 0.25) is 0 Å². The van der Waals surface area contributed by atoms with E-state index in [-0.39, 0.29) is 0 Å². The van der Waals surface area contributed by atoms with Crippen LogP contribution in [0.2, 0.25) is 0 Å². The highest BCUT2D eigenvalue weighted by Crippen LogP contribution is 2.45. The quantitative estimate of drug-likeness (QED) is 0.483. The minimum Gasteiger partial charge on any atom is -0.373 e. The minimum atomic E-state index is 0.609. The molecule has 0 unspecified atom stereocenters. The average Bonchev–Trinajstić information content (AvgIpc) is 2.78. The first-order valence-electron chi connectivity index (χ1n) is 10.5. The van der Waals surface area contributed by atoms with Gasteiger partial charge in [-0.1, -0.05) is 60.7 Å². The molecule has 4 rings (SSSR count). The molecule has 0 aliphatic heterocycles. The summed E-state index contributed by atoms with van der Waals surface area (Å²) in [6.07, 6.45) is 0. The molecule has 0 saturated carbocycles. The van der Waals surface area contributed by atoms with Crippen LogP contribution >= 0.6 is 0 Å². The molecule has 0 bridgehead atoms. The summed E-state index contributed by atoms with van der Waals surface area (Å²) in [4.78, 5) is 4.52. The molecule has 4 aromatic rings. The number of fused-ring (bicyclic) bond motifs is 2. The summed E-state index contributed by atoms with van der Waals surface area (Å²) in [7, 11) is 4.24. The van der Waals surface area contributed by atoms with Crippen molar-refractivity contribution >= 4 is 32.9 Å². The molecular formula is C26H30N4. The first-order chi connectivity index (χ1) is 14.7. The summed E-state index contributed by atoms with van der Waals surface area (Å²) in [5.74, 6) is 0. The van der Waals surface area contributed by atoms with E-state index < -0.39 is 0 Å². The van der Waals surface area contributed by atoms with E-state index >= 15 is 0 Å². The molecule has 0 aliphatic rings. The zero-order valence-corrected chi connectivity index (χ0v) is 17.8. The summed E-state index contributed by atoms with van der Waals surface area (Å²) in [5.41, 5.74) is 16.7. The molecule has 154 valence electrons. The van der Waals surface area contributed by atoms with Gasteiger partial charge in [0.05, 0.1) is 0 Å². The highest BCUT2D eigenvalue weighted by molar-refractivity contribution is 6.13. The van der Waals surface area contributed by atoms with Crippen molar-refractivity contribution in [1.82, 2.24) is 0 Å². The largest absolute Gasteiger partial charge is 0.373 e. The molecule has 4 aromatic carbocycles. The van der Waals surface area contributed by atoms with Crippen molar-refractivity contribution in [3.63, 3.8) is 0 Å². The SMILES string of the molecule is CN(CCN)c1ccc2ccccc2c1-c1c(N(C)CCN)ccc2ccccc12. The fourth-order valence-corrected chi connectivity index (χ4v) is 4.31. The third kappa shape index (κ3) is 3.60. The van der Waals surface area contributed by atoms with Crippen molar-refractivity contribution in [2.75, 3.05) is 50.1 Å². The number of likely N-dealkylation sites (N-methyl/N-ethyl adjacent to an activating group) is 2. The molecule has 0 atom stereocenters. The van der Waals surface area contributed by atoms with E-state index in [1.54, 1.807) is 0 Å². The molecule has 4 nitrogen and oxygen atoms in total. The molecule has 4 N–H and O–H groups in total. The van der Waals surface area contributed by atoms with Crippen LogP contribution in [0.1, 0.15) is 0 Å². The van der Waals surface area contributed by atoms with Gasteiger partial charge in [-0.05, 0) is 33.7 Å². The normalized spacial score (nSPS) is 11.2. The third-order valence-corrected chi connectivity index (χ3v) is 5.82. The van der Waals surface area contributed by atoms with Crippen molar-refractivity contribution in [3.05, 3.63) is 72.8 Å². The smallest absolute Gasteiger partial charge is 0.0451 e. The lowest BCUT2D eigenvalue weighted by Crippen LogP contribution is -2.27. The number of nitrogens with zero attached hydrogens (tertiary/aromatic N) is 2. The van der Waals surface area contributed by atoms with Gasteiger partial charge in [0.1, 0.15) is 0 Å². The van der Waals surface area contributed by atoms with Crippen LogP contribution in [0.25, 0.3) is 32.7 Å². The van der Waals surface area contributed by atoms with Gasteiger partial charge in [-0.2, -0.15) is 0 Å². The Labute approximate surface area is 178 Å². The van der Waals surface area contributed by atoms with E-state index in [2.05, 4.69) is 96.7 Å². The van der Waals surface area contributed by atoms with Gasteiger partial charge in [0, 0.05) is 62.8 Å². The average molecular weight is 399 g/mol. The molecule has 0 saturated heterocycles. The lowest BCUT2D eigenvalue weighted by atomic mass is 9.90. The highest BCUT2D eigenvalue weighted by atomic mass is 15.1. The van der Waals surface area contributed by atoms with E-state index in [1.165, 1.54) is 44.0 Å². The Balaban J connectivity index is 2.13. The first-order valence-corrected chi connectivity index (χ1v) is 10.5. The first kappa shape index (κ1) is 20.2. The zero-order chi connectivity index (χ0) is 21.1. The van der Waals surface area contributed by atoms with Crippen molar-refractivity contribution < 1.29 is 0 Å². The van der Waals surface area contributed by atoms with E-state index in [4.69, 9.17) is 11.5 Å². The molecule has 0 amide bonds. The fraction of sp³-hybridized carbons (Fsp3) is 0.231. The molecule has 0 radical (unpaired) electrons. The predicted molar refractivity (Wildman–Crippen MR) is 132 cm³/mol. The monoisotopic (exact) mass is 398 g/mol. The van der Waals surface area contributed by atoms with Gasteiger partial charge in [0.25, 0.3) is 0 Å². The maximum Gasteiger partial charge on any atom is 0.0451 e. The van der Waals surface area contributed by atoms with Crippen molar-refractivity contribution in [2.24, 2.45) is 11.5 Å². The van der Waals surface area contributed by atoms with E-state index in [1.807, 2.05) is 0 Å². The van der Waals surface area contributed by atoms with E-state index in [0.717, 1.165) is 13.1 Å². The molecule has 4 heteroatoms. The number of nitrogens with two attached hydrogens (primary N) is 2. The standard InChI is InChI=1S/C26H30N4/c1-29(17-15-27)23-13-11-19-7-3-5-9-21(19)25(23)26-22-10-6-4-8-20(22)12-14-24(26)30(2)18-16-28/h3-14H,15-18,27-28H2,1-2H3. The number of hydrogen-bond acceptors (Lipinski definition) is 4. The van der Waals surface area contributed by atoms with Gasteiger partial charge in [-0.15, -0.1) is 0 Å². The number of benzene rings is 4. The Bertz CT molecular complexity index is 1070. The second-order valence-corrected chi connectivity index (χ2v) is 7.78. The molecule has 0 aromatic heterocycles. The Morgan fingerprint density at radius 2 is 0.967 bits per heavy atom. The van der Waals surface area contributed by atoms with Crippen LogP contribution in [0.3, 0.4) is 0 Å². The Kier molecular flexibility index (Phi) is 5.88. The summed E-state index contributed by atoms with van der Waals surface area (Å²) in [6.45, 7) is 2.81.